The lowest BCUT2D eigenvalue weighted by Crippen LogP contribution is -2.49. The average Bonchev–Trinajstić information content (AvgIpc) is 2.90. The molecule has 0 radical (unpaired) electrons. The van der Waals surface area contributed by atoms with Crippen molar-refractivity contribution in [1.82, 2.24) is 9.80 Å². The molecule has 1 fully saturated rings. The third-order valence-electron chi connectivity index (χ3n) is 5.46. The molecule has 0 aromatic heterocycles. The van der Waals surface area contributed by atoms with Crippen LogP contribution < -0.4 is 4.74 Å². The van der Waals surface area contributed by atoms with Crippen LogP contribution in [0.3, 0.4) is 0 Å². The van der Waals surface area contributed by atoms with Crippen LogP contribution in [-0.4, -0.2) is 55.0 Å². The molecule has 2 aromatic carbocycles. The molecule has 2 aliphatic rings. The van der Waals surface area contributed by atoms with Crippen LogP contribution >= 0.6 is 0 Å². The average molecular weight is 350 g/mol. The van der Waals surface area contributed by atoms with Crippen molar-refractivity contribution in [3.63, 3.8) is 0 Å². The van der Waals surface area contributed by atoms with Crippen molar-refractivity contribution in [2.24, 2.45) is 5.92 Å². The quantitative estimate of drug-likeness (QED) is 0.853. The van der Waals surface area contributed by atoms with E-state index < -0.39 is 0 Å². The van der Waals surface area contributed by atoms with E-state index in [1.54, 1.807) is 0 Å². The zero-order chi connectivity index (χ0) is 17.8. The number of piperazine rings is 1. The fourth-order valence-corrected chi connectivity index (χ4v) is 3.98. The summed E-state index contributed by atoms with van der Waals surface area (Å²) in [6.45, 7) is 5.43. The molecule has 1 amide bonds. The minimum absolute atomic E-state index is 0.155. The predicted molar refractivity (Wildman–Crippen MR) is 103 cm³/mol. The van der Waals surface area contributed by atoms with Crippen molar-refractivity contribution < 1.29 is 9.53 Å². The lowest BCUT2D eigenvalue weighted by atomic mass is 9.96. The molecule has 0 unspecified atom stereocenters. The van der Waals surface area contributed by atoms with Crippen molar-refractivity contribution in [2.75, 3.05) is 39.3 Å². The van der Waals surface area contributed by atoms with Crippen molar-refractivity contribution in [3.05, 3.63) is 65.7 Å². The van der Waals surface area contributed by atoms with E-state index in [0.717, 1.165) is 63.5 Å². The molecule has 4 heteroatoms. The Bertz CT molecular complexity index is 739. The number of carbonyl (C=O) groups excluding carboxylic acids is 1. The van der Waals surface area contributed by atoms with Gasteiger partial charge in [0, 0.05) is 38.3 Å². The maximum Gasteiger partial charge on any atom is 0.253 e. The molecule has 0 spiro atoms. The van der Waals surface area contributed by atoms with E-state index in [1.165, 1.54) is 5.56 Å². The number of hydrogen-bond donors (Lipinski definition) is 0. The first kappa shape index (κ1) is 17.1. The molecule has 0 bridgehead atoms. The van der Waals surface area contributed by atoms with Gasteiger partial charge in [0.1, 0.15) is 5.75 Å². The third kappa shape index (κ3) is 3.91. The molecular weight excluding hydrogens is 324 g/mol. The normalized spacial score (nSPS) is 20.8. The number of rotatable bonds is 3. The number of nitrogens with zero attached hydrogens (tertiary/aromatic N) is 2. The Morgan fingerprint density at radius 3 is 2.50 bits per heavy atom. The molecule has 1 saturated heterocycles. The SMILES string of the molecule is O=C(c1ccccc1)N1CCN(C[C@H]2CCOc3ccccc3C2)CC1. The summed E-state index contributed by atoms with van der Waals surface area (Å²) in [7, 11) is 0. The number of hydrogen-bond acceptors (Lipinski definition) is 3. The van der Waals surface area contributed by atoms with Gasteiger partial charge in [0.2, 0.25) is 0 Å². The molecule has 2 heterocycles. The van der Waals surface area contributed by atoms with Gasteiger partial charge in [-0.15, -0.1) is 0 Å². The van der Waals surface area contributed by atoms with Gasteiger partial charge in [-0.25, -0.2) is 0 Å². The smallest absolute Gasteiger partial charge is 0.253 e. The second-order valence-corrected chi connectivity index (χ2v) is 7.27. The van der Waals surface area contributed by atoms with Crippen LogP contribution in [0.2, 0.25) is 0 Å². The summed E-state index contributed by atoms with van der Waals surface area (Å²) in [5, 5.41) is 0. The summed E-state index contributed by atoms with van der Waals surface area (Å²) in [5.41, 5.74) is 2.12. The van der Waals surface area contributed by atoms with Crippen LogP contribution in [0.25, 0.3) is 0 Å². The van der Waals surface area contributed by atoms with Crippen molar-refractivity contribution >= 4 is 5.91 Å². The lowest BCUT2D eigenvalue weighted by molar-refractivity contribution is 0.0613. The first-order valence-corrected chi connectivity index (χ1v) is 9.57. The number of benzene rings is 2. The topological polar surface area (TPSA) is 32.8 Å². The molecule has 0 saturated carbocycles. The van der Waals surface area contributed by atoms with E-state index in [4.69, 9.17) is 4.74 Å². The van der Waals surface area contributed by atoms with Crippen LogP contribution in [-0.2, 0) is 6.42 Å². The van der Waals surface area contributed by atoms with Gasteiger partial charge in [-0.2, -0.15) is 0 Å². The maximum atomic E-state index is 12.6. The summed E-state index contributed by atoms with van der Waals surface area (Å²) in [5.74, 6) is 1.82. The van der Waals surface area contributed by atoms with Crippen LogP contribution in [0.1, 0.15) is 22.3 Å². The molecule has 4 rings (SSSR count). The highest BCUT2D eigenvalue weighted by molar-refractivity contribution is 5.94. The summed E-state index contributed by atoms with van der Waals surface area (Å²) >= 11 is 0. The Balaban J connectivity index is 1.31. The third-order valence-corrected chi connectivity index (χ3v) is 5.46. The van der Waals surface area contributed by atoms with Crippen molar-refractivity contribution in [2.45, 2.75) is 12.8 Å². The van der Waals surface area contributed by atoms with Gasteiger partial charge in [0.15, 0.2) is 0 Å². The van der Waals surface area contributed by atoms with Gasteiger partial charge in [-0.3, -0.25) is 9.69 Å². The van der Waals surface area contributed by atoms with Crippen LogP contribution in [0.15, 0.2) is 54.6 Å². The highest BCUT2D eigenvalue weighted by Crippen LogP contribution is 2.27. The highest BCUT2D eigenvalue weighted by Gasteiger charge is 2.25. The summed E-state index contributed by atoms with van der Waals surface area (Å²) in [4.78, 5) is 17.1. The molecular formula is C22H26N2O2. The van der Waals surface area contributed by atoms with Crippen LogP contribution in [0.5, 0.6) is 5.75 Å². The van der Waals surface area contributed by atoms with Crippen LogP contribution in [0.4, 0.5) is 0 Å². The Morgan fingerprint density at radius 2 is 1.69 bits per heavy atom. The number of para-hydroxylation sites is 1. The zero-order valence-corrected chi connectivity index (χ0v) is 15.1. The van der Waals surface area contributed by atoms with Crippen molar-refractivity contribution in [3.8, 4) is 5.75 Å². The molecule has 2 aliphatic heterocycles. The number of carbonyl (C=O) groups is 1. The van der Waals surface area contributed by atoms with E-state index >= 15 is 0 Å². The summed E-state index contributed by atoms with van der Waals surface area (Å²) in [6, 6.07) is 18.0. The van der Waals surface area contributed by atoms with Crippen LogP contribution in [0, 0.1) is 5.92 Å². The largest absolute Gasteiger partial charge is 0.493 e. The summed E-state index contributed by atoms with van der Waals surface area (Å²) in [6.07, 6.45) is 2.18. The Hall–Kier alpha value is -2.33. The molecule has 136 valence electrons. The zero-order valence-electron chi connectivity index (χ0n) is 15.1. The van der Waals surface area contributed by atoms with Gasteiger partial charge in [-0.05, 0) is 42.5 Å². The molecule has 0 aliphatic carbocycles. The lowest BCUT2D eigenvalue weighted by Gasteiger charge is -2.36. The first-order valence-electron chi connectivity index (χ1n) is 9.57. The molecule has 4 nitrogen and oxygen atoms in total. The Kier molecular flexibility index (Phi) is 5.21. The summed E-state index contributed by atoms with van der Waals surface area (Å²) < 4.78 is 5.89. The maximum absolute atomic E-state index is 12.6. The Morgan fingerprint density at radius 1 is 0.962 bits per heavy atom. The molecule has 26 heavy (non-hydrogen) atoms. The van der Waals surface area contributed by atoms with Gasteiger partial charge in [0.25, 0.3) is 5.91 Å². The molecule has 1 atom stereocenters. The van der Waals surface area contributed by atoms with Gasteiger partial charge in [-0.1, -0.05) is 36.4 Å². The monoisotopic (exact) mass is 350 g/mol. The first-order chi connectivity index (χ1) is 12.8. The minimum Gasteiger partial charge on any atom is -0.493 e. The van der Waals surface area contributed by atoms with E-state index in [0.29, 0.717) is 5.92 Å². The number of fused-ring (bicyclic) bond motifs is 1. The van der Waals surface area contributed by atoms with Gasteiger partial charge < -0.3 is 9.64 Å². The predicted octanol–water partition coefficient (Wildman–Crippen LogP) is 3.09. The minimum atomic E-state index is 0.155. The number of ether oxygens (including phenoxy) is 1. The van der Waals surface area contributed by atoms with E-state index in [-0.39, 0.29) is 5.91 Å². The fraction of sp³-hybridized carbons (Fsp3) is 0.409. The highest BCUT2D eigenvalue weighted by atomic mass is 16.5. The van der Waals surface area contributed by atoms with Gasteiger partial charge in [0.05, 0.1) is 6.61 Å². The number of amides is 1. The molecule has 0 N–H and O–H groups in total. The standard InChI is InChI=1S/C22H26N2O2/c25-22(19-6-2-1-3-7-19)24-13-11-23(12-14-24)17-18-10-15-26-21-9-5-4-8-20(21)16-18/h1-9,18H,10-17H2/t18-/m0/s1. The van der Waals surface area contributed by atoms with E-state index in [1.807, 2.05) is 41.3 Å². The van der Waals surface area contributed by atoms with E-state index in [9.17, 15) is 4.79 Å². The Labute approximate surface area is 155 Å². The van der Waals surface area contributed by atoms with Gasteiger partial charge >= 0.3 is 0 Å². The van der Waals surface area contributed by atoms with E-state index in [2.05, 4.69) is 23.1 Å². The molecule has 2 aromatic rings. The fourth-order valence-electron chi connectivity index (χ4n) is 3.98. The second kappa shape index (κ2) is 7.92. The second-order valence-electron chi connectivity index (χ2n) is 7.27. The van der Waals surface area contributed by atoms with Crippen molar-refractivity contribution in [1.29, 1.82) is 0 Å².